The average Bonchev–Trinajstić information content (AvgIpc) is 3.36. The van der Waals surface area contributed by atoms with E-state index in [4.69, 9.17) is 15.0 Å². The molecule has 0 amide bonds. The fourth-order valence-electron chi connectivity index (χ4n) is 8.61. The molecule has 0 saturated heterocycles. The Hall–Kier alpha value is -8.27. The first-order valence-electron chi connectivity index (χ1n) is 21.0. The van der Waals surface area contributed by atoms with Gasteiger partial charge in [0.1, 0.15) is 0 Å². The van der Waals surface area contributed by atoms with Crippen molar-refractivity contribution >= 4 is 21.7 Å². The maximum Gasteiger partial charge on any atom is 0.160 e. The summed E-state index contributed by atoms with van der Waals surface area (Å²) in [4.78, 5) is 15.7. The van der Waals surface area contributed by atoms with Crippen LogP contribution in [-0.2, 0) is 0 Å². The quantitative estimate of drug-likeness (QED) is 0.144. The summed E-state index contributed by atoms with van der Waals surface area (Å²) < 4.78 is 0. The van der Waals surface area contributed by atoms with Crippen molar-refractivity contribution in [2.75, 3.05) is 0 Å². The van der Waals surface area contributed by atoms with Gasteiger partial charge in [0.05, 0.1) is 22.6 Å². The van der Waals surface area contributed by atoms with Crippen molar-refractivity contribution in [3.63, 3.8) is 0 Å². The second-order valence-corrected chi connectivity index (χ2v) is 15.6. The van der Waals surface area contributed by atoms with Gasteiger partial charge in [-0.05, 0) is 80.9 Å². The van der Waals surface area contributed by atoms with Crippen LogP contribution in [0.5, 0.6) is 0 Å². The highest BCUT2D eigenvalue weighted by Crippen LogP contribution is 2.40. The van der Waals surface area contributed by atoms with Gasteiger partial charge < -0.3 is 0 Å². The molecule has 0 unspecified atom stereocenters. The number of rotatable bonds is 8. The molecule has 0 radical (unpaired) electrons. The van der Waals surface area contributed by atoms with E-state index in [0.717, 1.165) is 89.0 Å². The summed E-state index contributed by atoms with van der Waals surface area (Å²) in [5, 5.41) is 3.49. The second kappa shape index (κ2) is 16.1. The minimum atomic E-state index is 0.681. The molecule has 0 spiro atoms. The standard InChI is InChI=1S/C59H39N3/c1-4-17-40(18-5-1)43-23-13-28-48(36-43)55-39-56(62-59(61-55)50-30-15-24-44(38-50)41-19-6-2-7-20-41)49-29-14-26-46(37-49)45-25-12-27-47(35-45)51-32-16-33-53-57(51)52-31-10-11-34-54(52)60-58(53)42-21-8-3-9-22-42/h1-39H. The van der Waals surface area contributed by atoms with Crippen LogP contribution in [0, 0.1) is 0 Å². The Labute approximate surface area is 361 Å². The van der Waals surface area contributed by atoms with Crippen LogP contribution in [0.1, 0.15) is 0 Å². The maximum absolute atomic E-state index is 5.29. The zero-order chi connectivity index (χ0) is 41.2. The van der Waals surface area contributed by atoms with Crippen molar-refractivity contribution in [1.82, 2.24) is 15.0 Å². The van der Waals surface area contributed by atoms with Crippen molar-refractivity contribution < 1.29 is 0 Å². The molecule has 0 fully saturated rings. The highest BCUT2D eigenvalue weighted by Gasteiger charge is 2.16. The Balaban J connectivity index is 1.03. The highest BCUT2D eigenvalue weighted by molar-refractivity contribution is 6.17. The average molecular weight is 790 g/mol. The summed E-state index contributed by atoms with van der Waals surface area (Å²) in [6.45, 7) is 0. The summed E-state index contributed by atoms with van der Waals surface area (Å²) in [5.74, 6) is 0.681. The first-order chi connectivity index (χ1) is 30.7. The number of fused-ring (bicyclic) bond motifs is 3. The molecule has 2 aromatic heterocycles. The van der Waals surface area contributed by atoms with Crippen molar-refractivity contribution in [2.24, 2.45) is 0 Å². The topological polar surface area (TPSA) is 38.7 Å². The predicted molar refractivity (Wildman–Crippen MR) is 258 cm³/mol. The van der Waals surface area contributed by atoms with E-state index in [-0.39, 0.29) is 0 Å². The van der Waals surface area contributed by atoms with Crippen LogP contribution in [0.4, 0.5) is 0 Å². The number of hydrogen-bond acceptors (Lipinski definition) is 3. The van der Waals surface area contributed by atoms with Gasteiger partial charge in [0, 0.05) is 38.4 Å². The first kappa shape index (κ1) is 36.8. The summed E-state index contributed by atoms with van der Waals surface area (Å²) >= 11 is 0. The van der Waals surface area contributed by atoms with E-state index in [1.54, 1.807) is 0 Å². The summed E-state index contributed by atoms with van der Waals surface area (Å²) in [7, 11) is 0. The van der Waals surface area contributed by atoms with Crippen LogP contribution in [0.15, 0.2) is 237 Å². The molecule has 0 aliphatic heterocycles. The van der Waals surface area contributed by atoms with Crippen molar-refractivity contribution in [3.05, 3.63) is 237 Å². The second-order valence-electron chi connectivity index (χ2n) is 15.6. The minimum absolute atomic E-state index is 0.681. The number of pyridine rings is 1. The lowest BCUT2D eigenvalue weighted by Crippen LogP contribution is -1.96. The van der Waals surface area contributed by atoms with Crippen LogP contribution in [0.3, 0.4) is 0 Å². The van der Waals surface area contributed by atoms with E-state index in [1.165, 1.54) is 16.5 Å². The zero-order valence-corrected chi connectivity index (χ0v) is 33.9. The monoisotopic (exact) mass is 789 g/mol. The molecule has 0 aliphatic carbocycles. The van der Waals surface area contributed by atoms with E-state index in [1.807, 2.05) is 6.07 Å². The normalized spacial score (nSPS) is 11.2. The van der Waals surface area contributed by atoms with Gasteiger partial charge in [0.25, 0.3) is 0 Å². The molecule has 3 heteroatoms. The van der Waals surface area contributed by atoms with Crippen LogP contribution in [0.2, 0.25) is 0 Å². The molecular formula is C59H39N3. The molecule has 0 atom stereocenters. The van der Waals surface area contributed by atoms with Gasteiger partial charge in [0.15, 0.2) is 5.82 Å². The van der Waals surface area contributed by atoms with Gasteiger partial charge in [0.2, 0.25) is 0 Å². The van der Waals surface area contributed by atoms with Gasteiger partial charge >= 0.3 is 0 Å². The molecule has 11 aromatic rings. The maximum atomic E-state index is 5.29. The van der Waals surface area contributed by atoms with Crippen LogP contribution in [-0.4, -0.2) is 15.0 Å². The van der Waals surface area contributed by atoms with E-state index >= 15 is 0 Å². The van der Waals surface area contributed by atoms with Gasteiger partial charge in [-0.15, -0.1) is 0 Å². The molecule has 0 bridgehead atoms. The molecule has 11 rings (SSSR count). The molecule has 2 heterocycles. The number of nitrogens with zero attached hydrogens (tertiary/aromatic N) is 3. The zero-order valence-electron chi connectivity index (χ0n) is 33.9. The van der Waals surface area contributed by atoms with Gasteiger partial charge in [-0.25, -0.2) is 15.0 Å². The van der Waals surface area contributed by atoms with Crippen molar-refractivity contribution in [1.29, 1.82) is 0 Å². The molecule has 0 aliphatic rings. The number of benzene rings is 9. The fraction of sp³-hybridized carbons (Fsp3) is 0. The Bertz CT molecular complexity index is 3290. The van der Waals surface area contributed by atoms with Gasteiger partial charge in [-0.3, -0.25) is 0 Å². The van der Waals surface area contributed by atoms with Crippen LogP contribution < -0.4 is 0 Å². The van der Waals surface area contributed by atoms with Gasteiger partial charge in [-0.1, -0.05) is 200 Å². The lowest BCUT2D eigenvalue weighted by molar-refractivity contribution is 1.18. The third-order valence-electron chi connectivity index (χ3n) is 11.7. The molecule has 0 saturated carbocycles. The summed E-state index contributed by atoms with van der Waals surface area (Å²) in [6.07, 6.45) is 0. The predicted octanol–water partition coefficient (Wildman–Crippen LogP) is 15.5. The number of aromatic nitrogens is 3. The van der Waals surface area contributed by atoms with E-state index in [2.05, 4.69) is 231 Å². The van der Waals surface area contributed by atoms with E-state index < -0.39 is 0 Å². The Morgan fingerprint density at radius 1 is 0.242 bits per heavy atom. The van der Waals surface area contributed by atoms with E-state index in [9.17, 15) is 0 Å². The molecule has 3 nitrogen and oxygen atoms in total. The highest BCUT2D eigenvalue weighted by atomic mass is 14.9. The van der Waals surface area contributed by atoms with Crippen molar-refractivity contribution in [2.45, 2.75) is 0 Å². The molecule has 290 valence electrons. The molecule has 62 heavy (non-hydrogen) atoms. The smallest absolute Gasteiger partial charge is 0.160 e. The Morgan fingerprint density at radius 3 is 1.24 bits per heavy atom. The molecule has 9 aromatic carbocycles. The SMILES string of the molecule is c1ccc(-c2cccc(-c3cc(-c4cccc(-c5cccc(-c6cccc7c(-c8ccccc8)nc8ccccc8c67)c5)c4)nc(-c4cccc(-c5ccccc5)c4)n3)c2)cc1. The molecular weight excluding hydrogens is 751 g/mol. The fourth-order valence-corrected chi connectivity index (χ4v) is 8.61. The largest absolute Gasteiger partial charge is 0.247 e. The minimum Gasteiger partial charge on any atom is -0.247 e. The third kappa shape index (κ3) is 7.12. The third-order valence-corrected chi connectivity index (χ3v) is 11.7. The number of hydrogen-bond donors (Lipinski definition) is 0. The first-order valence-corrected chi connectivity index (χ1v) is 21.0. The Kier molecular flexibility index (Phi) is 9.53. The van der Waals surface area contributed by atoms with Crippen molar-refractivity contribution in [3.8, 4) is 89.7 Å². The van der Waals surface area contributed by atoms with Crippen LogP contribution in [0.25, 0.3) is 111 Å². The Morgan fingerprint density at radius 2 is 0.645 bits per heavy atom. The summed E-state index contributed by atoms with van der Waals surface area (Å²) in [5.41, 5.74) is 17.0. The summed E-state index contributed by atoms with van der Waals surface area (Å²) in [6, 6.07) is 83.4. The van der Waals surface area contributed by atoms with Crippen LogP contribution >= 0.6 is 0 Å². The van der Waals surface area contributed by atoms with Gasteiger partial charge in [-0.2, -0.15) is 0 Å². The molecule has 0 N–H and O–H groups in total. The lowest BCUT2D eigenvalue weighted by Gasteiger charge is -2.15. The van der Waals surface area contributed by atoms with E-state index in [0.29, 0.717) is 5.82 Å². The number of para-hydroxylation sites is 1. The lowest BCUT2D eigenvalue weighted by atomic mass is 9.91.